The fraction of sp³-hybridized carbons (Fsp3) is 0.375. The Balaban J connectivity index is 1.40. The number of furan rings is 1. The van der Waals surface area contributed by atoms with Crippen LogP contribution in [0.5, 0.6) is 0 Å². The zero-order valence-electron chi connectivity index (χ0n) is 27.2. The van der Waals surface area contributed by atoms with Crippen LogP contribution in [0.4, 0.5) is 4.79 Å². The minimum absolute atomic E-state index is 0.0336. The summed E-state index contributed by atoms with van der Waals surface area (Å²) in [7, 11) is 0. The largest absolute Gasteiger partial charge is 0.457 e. The van der Waals surface area contributed by atoms with E-state index in [0.29, 0.717) is 6.42 Å². The van der Waals surface area contributed by atoms with Gasteiger partial charge in [0.05, 0.1) is 0 Å². The van der Waals surface area contributed by atoms with Gasteiger partial charge in [0.15, 0.2) is 5.76 Å². The van der Waals surface area contributed by atoms with E-state index in [4.69, 9.17) is 14.3 Å². The second-order valence-electron chi connectivity index (χ2n) is 12.4. The van der Waals surface area contributed by atoms with Crippen molar-refractivity contribution in [3.8, 4) is 11.1 Å². The highest BCUT2D eigenvalue weighted by molar-refractivity contribution is 6.12. The predicted octanol–water partition coefficient (Wildman–Crippen LogP) is 8.67. The summed E-state index contributed by atoms with van der Waals surface area (Å²) < 4.78 is 11.7. The Morgan fingerprint density at radius 2 is 1.49 bits per heavy atom. The molecule has 3 aromatic carbocycles. The summed E-state index contributed by atoms with van der Waals surface area (Å²) in [4.78, 5) is 42.7. The summed E-state index contributed by atoms with van der Waals surface area (Å²) in [5.74, 6) is -1.36. The van der Waals surface area contributed by atoms with Gasteiger partial charge in [-0.15, -0.1) is 0 Å². The van der Waals surface area contributed by atoms with E-state index in [1.807, 2.05) is 85.8 Å². The molecule has 5 rings (SSSR count). The first kappa shape index (κ1) is 33.9. The molecule has 7 heteroatoms. The fourth-order valence-corrected chi connectivity index (χ4v) is 6.32. The smallest absolute Gasteiger partial charge is 0.417 e. The van der Waals surface area contributed by atoms with Gasteiger partial charge in [0.2, 0.25) is 11.7 Å². The molecule has 2 amide bonds. The highest BCUT2D eigenvalue weighted by Crippen LogP contribution is 2.34. The molecule has 1 fully saturated rings. The predicted molar refractivity (Wildman–Crippen MR) is 182 cm³/mol. The van der Waals surface area contributed by atoms with Crippen molar-refractivity contribution in [3.05, 3.63) is 119 Å². The molecule has 1 aromatic heterocycles. The lowest BCUT2D eigenvalue weighted by Gasteiger charge is -2.24. The molecular weight excluding hydrogens is 590 g/mol. The molecule has 0 radical (unpaired) electrons. The van der Waals surface area contributed by atoms with Gasteiger partial charge in [-0.3, -0.25) is 9.59 Å². The second-order valence-corrected chi connectivity index (χ2v) is 12.4. The molecule has 0 saturated carbocycles. The van der Waals surface area contributed by atoms with Crippen molar-refractivity contribution in [2.24, 2.45) is 5.92 Å². The van der Waals surface area contributed by atoms with Crippen LogP contribution in [0.3, 0.4) is 0 Å². The number of carbonyl (C=O) groups is 3. The number of aliphatic hydroxyl groups excluding tert-OH is 1. The first-order valence-corrected chi connectivity index (χ1v) is 16.9. The number of imide groups is 1. The van der Waals surface area contributed by atoms with Gasteiger partial charge in [-0.05, 0) is 48.9 Å². The van der Waals surface area contributed by atoms with Crippen molar-refractivity contribution >= 4 is 17.8 Å². The number of carbonyl (C=O) groups excluding carboxylic acids is 3. The maximum absolute atomic E-state index is 14.4. The third-order valence-electron chi connectivity index (χ3n) is 8.88. The minimum atomic E-state index is -1.18. The number of ether oxygens (including phenoxy) is 1. The molecule has 1 aliphatic heterocycles. The molecule has 0 unspecified atom stereocenters. The monoisotopic (exact) mass is 635 g/mol. The topological polar surface area (TPSA) is 97.1 Å². The Hall–Kier alpha value is -4.49. The van der Waals surface area contributed by atoms with E-state index in [2.05, 4.69) is 6.07 Å². The second kappa shape index (κ2) is 16.9. The molecule has 0 spiro atoms. The first-order valence-electron chi connectivity index (χ1n) is 16.9. The number of aliphatic hydroxyl groups is 1. The van der Waals surface area contributed by atoms with Crippen LogP contribution in [0.1, 0.15) is 90.4 Å². The van der Waals surface area contributed by atoms with Gasteiger partial charge in [0, 0.05) is 18.6 Å². The van der Waals surface area contributed by atoms with Crippen LogP contribution in [-0.4, -0.2) is 41.0 Å². The van der Waals surface area contributed by atoms with Gasteiger partial charge in [-0.25, -0.2) is 9.69 Å². The molecule has 1 aliphatic rings. The van der Waals surface area contributed by atoms with E-state index in [9.17, 15) is 14.4 Å². The Labute approximate surface area is 277 Å². The van der Waals surface area contributed by atoms with E-state index in [0.717, 1.165) is 83.4 Å². The number of nitrogens with zero attached hydrogens (tertiary/aromatic N) is 1. The number of cyclic esters (lactones) is 1. The number of hydrogen-bond acceptors (Lipinski definition) is 6. The highest BCUT2D eigenvalue weighted by Gasteiger charge is 2.44. The molecule has 4 aromatic rings. The average Bonchev–Trinajstić information content (AvgIpc) is 3.70. The zero-order chi connectivity index (χ0) is 33.0. The number of benzene rings is 3. The highest BCUT2D eigenvalue weighted by atomic mass is 16.6. The Bertz CT molecular complexity index is 1610. The maximum Gasteiger partial charge on any atom is 0.417 e. The van der Waals surface area contributed by atoms with Crippen molar-refractivity contribution in [2.75, 3.05) is 13.2 Å². The Kier molecular flexibility index (Phi) is 12.2. The third kappa shape index (κ3) is 8.86. The van der Waals surface area contributed by atoms with Crippen LogP contribution in [0.25, 0.3) is 11.1 Å². The summed E-state index contributed by atoms with van der Waals surface area (Å²) in [6.07, 6.45) is 8.54. The fourth-order valence-electron chi connectivity index (χ4n) is 6.32. The van der Waals surface area contributed by atoms with E-state index in [1.54, 1.807) is 6.07 Å². The van der Waals surface area contributed by atoms with E-state index in [1.165, 1.54) is 6.42 Å². The minimum Gasteiger partial charge on any atom is -0.457 e. The summed E-state index contributed by atoms with van der Waals surface area (Å²) in [5, 5.41) is 8.97. The van der Waals surface area contributed by atoms with Crippen LogP contribution >= 0.6 is 0 Å². The molecule has 1 N–H and O–H groups in total. The van der Waals surface area contributed by atoms with Crippen LogP contribution < -0.4 is 0 Å². The standard InChI is InChI=1S/C40H45NO6/c1-29-17-16-22-32(25-29)33-27-37(47-36(33)23-14-6-4-2-3-5-7-15-24-42)38(43)34(26-30-18-10-8-11-19-30)39(44)41-35(28-46-40(41)45)31-20-12-9-13-21-31/h8-13,16-22,25,27,34-35,42H,2-7,14-15,23-24,26,28H2,1H3/t34-,35-/m0/s1. The van der Waals surface area contributed by atoms with Gasteiger partial charge in [-0.1, -0.05) is 129 Å². The van der Waals surface area contributed by atoms with Crippen molar-refractivity contribution in [3.63, 3.8) is 0 Å². The first-order chi connectivity index (χ1) is 23.0. The lowest BCUT2D eigenvalue weighted by molar-refractivity contribution is -0.132. The van der Waals surface area contributed by atoms with Crippen LogP contribution in [0.2, 0.25) is 0 Å². The van der Waals surface area contributed by atoms with Crippen molar-refractivity contribution < 1.29 is 28.6 Å². The van der Waals surface area contributed by atoms with Crippen molar-refractivity contribution in [1.29, 1.82) is 0 Å². The van der Waals surface area contributed by atoms with E-state index >= 15 is 0 Å². The molecule has 1 saturated heterocycles. The normalized spacial score (nSPS) is 15.1. The van der Waals surface area contributed by atoms with Gasteiger partial charge in [0.25, 0.3) is 0 Å². The van der Waals surface area contributed by atoms with Gasteiger partial charge < -0.3 is 14.3 Å². The molecule has 2 atom stereocenters. The SMILES string of the molecule is Cc1cccc(-c2cc(C(=O)[C@H](Cc3ccccc3)C(=O)N3C(=O)OC[C@H]3c3ccccc3)oc2CCCCCCCCCCO)c1. The Morgan fingerprint density at radius 1 is 0.830 bits per heavy atom. The summed E-state index contributed by atoms with van der Waals surface area (Å²) in [5.41, 5.74) is 4.50. The molecule has 47 heavy (non-hydrogen) atoms. The number of unbranched alkanes of at least 4 members (excludes halogenated alkanes) is 7. The van der Waals surface area contributed by atoms with E-state index < -0.39 is 29.7 Å². The summed E-state index contributed by atoms with van der Waals surface area (Å²) >= 11 is 0. The van der Waals surface area contributed by atoms with Crippen molar-refractivity contribution in [1.82, 2.24) is 4.90 Å². The Morgan fingerprint density at radius 3 is 2.17 bits per heavy atom. The molecule has 2 heterocycles. The zero-order valence-corrected chi connectivity index (χ0v) is 27.2. The molecule has 246 valence electrons. The molecular formula is C40H45NO6. The molecule has 0 aliphatic carbocycles. The van der Waals surface area contributed by atoms with Crippen LogP contribution in [0, 0.1) is 12.8 Å². The quantitative estimate of drug-likeness (QED) is 0.0708. The van der Waals surface area contributed by atoms with Gasteiger partial charge >= 0.3 is 6.09 Å². The van der Waals surface area contributed by atoms with E-state index in [-0.39, 0.29) is 25.4 Å². The number of aryl methyl sites for hydroxylation is 2. The lowest BCUT2D eigenvalue weighted by Crippen LogP contribution is -2.42. The molecule has 0 bridgehead atoms. The number of ketones is 1. The average molecular weight is 636 g/mol. The lowest BCUT2D eigenvalue weighted by atomic mass is 9.91. The third-order valence-corrected chi connectivity index (χ3v) is 8.88. The van der Waals surface area contributed by atoms with Gasteiger partial charge in [0.1, 0.15) is 24.3 Å². The van der Waals surface area contributed by atoms with Crippen molar-refractivity contribution in [2.45, 2.75) is 77.2 Å². The summed E-state index contributed by atoms with van der Waals surface area (Å²) in [6.45, 7) is 2.33. The number of rotatable bonds is 17. The number of amides is 2. The maximum atomic E-state index is 14.4. The number of hydrogen-bond donors (Lipinski definition) is 1. The number of Topliss-reactive ketones (excluding diaryl/α,β-unsaturated/α-hetero) is 1. The summed E-state index contributed by atoms with van der Waals surface area (Å²) in [6, 6.07) is 27.9. The van der Waals surface area contributed by atoms with Crippen LogP contribution in [0.15, 0.2) is 95.4 Å². The van der Waals surface area contributed by atoms with Crippen LogP contribution in [-0.2, 0) is 22.4 Å². The molecule has 7 nitrogen and oxygen atoms in total. The van der Waals surface area contributed by atoms with Gasteiger partial charge in [-0.2, -0.15) is 0 Å².